The van der Waals surface area contributed by atoms with E-state index in [9.17, 15) is 14.4 Å². The highest BCUT2D eigenvalue weighted by Gasteiger charge is 2.16. The molecule has 0 unspecified atom stereocenters. The standard InChI is InChI=1S/C24H23NO6/c1-29-18-10-11-20(22(13-18)30-2)21(26)15-31-24(28)14-25-23(27)12-17-8-5-7-16-6-3-4-9-19(16)17/h3-11,13H,12,14-15H2,1-2H3,(H,25,27). The second-order valence-electron chi connectivity index (χ2n) is 6.74. The van der Waals surface area contributed by atoms with Crippen molar-refractivity contribution in [1.29, 1.82) is 0 Å². The molecule has 0 heterocycles. The summed E-state index contributed by atoms with van der Waals surface area (Å²) in [4.78, 5) is 36.6. The van der Waals surface area contributed by atoms with Crippen LogP contribution in [0.15, 0.2) is 60.7 Å². The number of ether oxygens (including phenoxy) is 3. The molecule has 0 atom stereocenters. The highest BCUT2D eigenvalue weighted by atomic mass is 16.5. The van der Waals surface area contributed by atoms with E-state index in [0.29, 0.717) is 11.5 Å². The molecule has 0 fully saturated rings. The zero-order valence-corrected chi connectivity index (χ0v) is 17.3. The van der Waals surface area contributed by atoms with Crippen LogP contribution in [0.25, 0.3) is 10.8 Å². The van der Waals surface area contributed by atoms with E-state index in [2.05, 4.69) is 5.32 Å². The zero-order chi connectivity index (χ0) is 22.2. The quantitative estimate of drug-likeness (QED) is 0.422. The van der Waals surface area contributed by atoms with E-state index in [1.54, 1.807) is 18.2 Å². The van der Waals surface area contributed by atoms with E-state index in [0.717, 1.165) is 16.3 Å². The van der Waals surface area contributed by atoms with Gasteiger partial charge in [0, 0.05) is 6.07 Å². The summed E-state index contributed by atoms with van der Waals surface area (Å²) in [6.45, 7) is -0.780. The Kier molecular flexibility index (Phi) is 7.22. The normalized spacial score (nSPS) is 10.4. The van der Waals surface area contributed by atoms with E-state index in [-0.39, 0.29) is 24.4 Å². The Morgan fingerprint density at radius 3 is 2.45 bits per heavy atom. The maximum atomic E-state index is 12.3. The third-order valence-corrected chi connectivity index (χ3v) is 4.73. The molecule has 0 aliphatic heterocycles. The van der Waals surface area contributed by atoms with E-state index < -0.39 is 18.4 Å². The third-order valence-electron chi connectivity index (χ3n) is 4.73. The number of ketones is 1. The van der Waals surface area contributed by atoms with Gasteiger partial charge in [-0.2, -0.15) is 0 Å². The second-order valence-corrected chi connectivity index (χ2v) is 6.74. The number of rotatable bonds is 9. The predicted octanol–water partition coefficient (Wildman–Crippen LogP) is 2.94. The van der Waals surface area contributed by atoms with Crippen molar-refractivity contribution in [2.24, 2.45) is 0 Å². The number of hydrogen-bond donors (Lipinski definition) is 1. The molecule has 0 aromatic heterocycles. The number of hydrogen-bond acceptors (Lipinski definition) is 6. The smallest absolute Gasteiger partial charge is 0.325 e. The minimum Gasteiger partial charge on any atom is -0.497 e. The van der Waals surface area contributed by atoms with Crippen molar-refractivity contribution in [3.63, 3.8) is 0 Å². The van der Waals surface area contributed by atoms with Gasteiger partial charge in [-0.1, -0.05) is 42.5 Å². The first-order chi connectivity index (χ1) is 15.0. The van der Waals surface area contributed by atoms with Crippen molar-refractivity contribution < 1.29 is 28.6 Å². The molecule has 0 saturated heterocycles. The maximum absolute atomic E-state index is 12.3. The molecule has 3 rings (SSSR count). The van der Waals surface area contributed by atoms with Gasteiger partial charge in [0.25, 0.3) is 0 Å². The predicted molar refractivity (Wildman–Crippen MR) is 115 cm³/mol. The molecule has 3 aromatic rings. The number of carbonyl (C=O) groups is 3. The van der Waals surface area contributed by atoms with Crippen molar-refractivity contribution in [3.8, 4) is 11.5 Å². The fraction of sp³-hybridized carbons (Fsp3) is 0.208. The van der Waals surface area contributed by atoms with Gasteiger partial charge in [-0.05, 0) is 28.5 Å². The summed E-state index contributed by atoms with van der Waals surface area (Å²) < 4.78 is 15.3. The number of fused-ring (bicyclic) bond motifs is 1. The first-order valence-electron chi connectivity index (χ1n) is 9.66. The van der Waals surface area contributed by atoms with Gasteiger partial charge in [0.05, 0.1) is 26.2 Å². The van der Waals surface area contributed by atoms with Crippen molar-refractivity contribution in [1.82, 2.24) is 5.32 Å². The molecule has 160 valence electrons. The maximum Gasteiger partial charge on any atom is 0.325 e. The summed E-state index contributed by atoms with van der Waals surface area (Å²) in [5.74, 6) is -0.568. The summed E-state index contributed by atoms with van der Waals surface area (Å²) in [5.41, 5.74) is 1.14. The van der Waals surface area contributed by atoms with E-state index in [4.69, 9.17) is 14.2 Å². The Balaban J connectivity index is 1.50. The summed E-state index contributed by atoms with van der Waals surface area (Å²) in [6.07, 6.45) is 0.136. The molecular weight excluding hydrogens is 398 g/mol. The van der Waals surface area contributed by atoms with E-state index in [1.807, 2.05) is 42.5 Å². The van der Waals surface area contributed by atoms with Crippen LogP contribution in [-0.4, -0.2) is 45.0 Å². The lowest BCUT2D eigenvalue weighted by Gasteiger charge is -2.10. The Morgan fingerprint density at radius 1 is 0.903 bits per heavy atom. The number of methoxy groups -OCH3 is 2. The number of esters is 1. The van der Waals surface area contributed by atoms with Crippen LogP contribution in [0.1, 0.15) is 15.9 Å². The van der Waals surface area contributed by atoms with Gasteiger partial charge >= 0.3 is 5.97 Å². The molecule has 1 amide bonds. The van der Waals surface area contributed by atoms with Crippen molar-refractivity contribution in [2.45, 2.75) is 6.42 Å². The average Bonchev–Trinajstić information content (AvgIpc) is 2.81. The lowest BCUT2D eigenvalue weighted by atomic mass is 10.0. The second kappa shape index (κ2) is 10.2. The Bertz CT molecular complexity index is 1100. The monoisotopic (exact) mass is 421 g/mol. The SMILES string of the molecule is COc1ccc(C(=O)COC(=O)CNC(=O)Cc2cccc3ccccc23)c(OC)c1. The highest BCUT2D eigenvalue weighted by molar-refractivity contribution is 6.00. The number of carbonyl (C=O) groups excluding carboxylic acids is 3. The van der Waals surface area contributed by atoms with Crippen LogP contribution in [-0.2, 0) is 20.7 Å². The Morgan fingerprint density at radius 2 is 1.68 bits per heavy atom. The van der Waals surface area contributed by atoms with Crippen LogP contribution in [0.5, 0.6) is 11.5 Å². The Hall–Kier alpha value is -3.87. The molecule has 0 aliphatic rings. The molecule has 0 radical (unpaired) electrons. The Labute approximate surface area is 179 Å². The van der Waals surface area contributed by atoms with Crippen LogP contribution < -0.4 is 14.8 Å². The minimum atomic E-state index is -0.702. The lowest BCUT2D eigenvalue weighted by Crippen LogP contribution is -2.32. The fourth-order valence-electron chi connectivity index (χ4n) is 3.16. The lowest BCUT2D eigenvalue weighted by molar-refractivity contribution is -0.142. The van der Waals surface area contributed by atoms with Gasteiger partial charge in [-0.3, -0.25) is 14.4 Å². The number of amides is 1. The van der Waals surface area contributed by atoms with Crippen LogP contribution in [0.4, 0.5) is 0 Å². The molecular formula is C24H23NO6. The summed E-state index contributed by atoms with van der Waals surface area (Å²) in [5, 5.41) is 4.56. The van der Waals surface area contributed by atoms with Crippen LogP contribution in [0.3, 0.4) is 0 Å². The first kappa shape index (κ1) is 21.8. The van der Waals surface area contributed by atoms with Gasteiger partial charge in [0.2, 0.25) is 11.7 Å². The molecule has 7 nitrogen and oxygen atoms in total. The molecule has 7 heteroatoms. The van der Waals surface area contributed by atoms with Gasteiger partial charge in [0.1, 0.15) is 18.0 Å². The van der Waals surface area contributed by atoms with Crippen molar-refractivity contribution in [2.75, 3.05) is 27.4 Å². The molecule has 0 aliphatic carbocycles. The number of Topliss-reactive ketones (excluding diaryl/α,β-unsaturated/α-hetero) is 1. The van der Waals surface area contributed by atoms with E-state index in [1.165, 1.54) is 14.2 Å². The average molecular weight is 421 g/mol. The molecule has 31 heavy (non-hydrogen) atoms. The summed E-state index contributed by atoms with van der Waals surface area (Å²) in [6, 6.07) is 18.2. The molecule has 0 bridgehead atoms. The van der Waals surface area contributed by atoms with Crippen molar-refractivity contribution in [3.05, 3.63) is 71.8 Å². The van der Waals surface area contributed by atoms with Crippen LogP contribution >= 0.6 is 0 Å². The molecule has 0 spiro atoms. The fourth-order valence-corrected chi connectivity index (χ4v) is 3.16. The van der Waals surface area contributed by atoms with E-state index >= 15 is 0 Å². The van der Waals surface area contributed by atoms with Crippen molar-refractivity contribution >= 4 is 28.4 Å². The third kappa shape index (κ3) is 5.60. The van der Waals surface area contributed by atoms with Crippen LogP contribution in [0.2, 0.25) is 0 Å². The minimum absolute atomic E-state index is 0.136. The largest absolute Gasteiger partial charge is 0.497 e. The highest BCUT2D eigenvalue weighted by Crippen LogP contribution is 2.25. The number of benzene rings is 3. The van der Waals surface area contributed by atoms with Crippen LogP contribution in [0, 0.1) is 0 Å². The molecule has 0 saturated carbocycles. The first-order valence-corrected chi connectivity index (χ1v) is 9.66. The molecule has 3 aromatic carbocycles. The summed E-state index contributed by atoms with van der Waals surface area (Å²) in [7, 11) is 2.94. The van der Waals surface area contributed by atoms with Gasteiger partial charge in [0.15, 0.2) is 6.61 Å². The number of nitrogens with one attached hydrogen (secondary N) is 1. The summed E-state index contributed by atoms with van der Waals surface area (Å²) >= 11 is 0. The van der Waals surface area contributed by atoms with Gasteiger partial charge in [-0.15, -0.1) is 0 Å². The van der Waals surface area contributed by atoms with Gasteiger partial charge in [-0.25, -0.2) is 0 Å². The van der Waals surface area contributed by atoms with Gasteiger partial charge < -0.3 is 19.5 Å². The molecule has 1 N–H and O–H groups in total. The zero-order valence-electron chi connectivity index (χ0n) is 17.3. The topological polar surface area (TPSA) is 90.9 Å².